The summed E-state index contributed by atoms with van der Waals surface area (Å²) in [5.41, 5.74) is 5.18. The molecule has 0 heterocycles. The third-order valence-electron chi connectivity index (χ3n) is 5.98. The van der Waals surface area contributed by atoms with Crippen LogP contribution in [0.15, 0.2) is 82.8 Å². The van der Waals surface area contributed by atoms with Crippen LogP contribution in [0, 0.1) is 0 Å². The minimum absolute atomic E-state index is 0. The van der Waals surface area contributed by atoms with Gasteiger partial charge >= 0.3 is 16.8 Å². The Bertz CT molecular complexity index is 1470. The first-order valence-electron chi connectivity index (χ1n) is 13.4. The van der Waals surface area contributed by atoms with Gasteiger partial charge in [0, 0.05) is 40.9 Å². The quantitative estimate of drug-likeness (QED) is 0.270. The third-order valence-corrected chi connectivity index (χ3v) is 5.98. The van der Waals surface area contributed by atoms with E-state index in [2.05, 4.69) is 27.7 Å². The summed E-state index contributed by atoms with van der Waals surface area (Å²) >= 11 is 0. The maximum Gasteiger partial charge on any atom is 2.00 e. The van der Waals surface area contributed by atoms with Crippen molar-refractivity contribution < 1.29 is 46.8 Å². The third kappa shape index (κ3) is 11.7. The van der Waals surface area contributed by atoms with Gasteiger partial charge in [0.15, 0.2) is 0 Å². The number of rotatable bonds is 6. The number of carboxylic acid groups (broad SMARTS) is 2. The van der Waals surface area contributed by atoms with Crippen LogP contribution < -0.4 is 10.2 Å². The van der Waals surface area contributed by atoms with Gasteiger partial charge in [0.2, 0.25) is 0 Å². The van der Waals surface area contributed by atoms with Gasteiger partial charge in [-0.05, 0) is 78.6 Å². The molecule has 2 N–H and O–H groups in total. The molecule has 0 saturated carbocycles. The van der Waals surface area contributed by atoms with Crippen molar-refractivity contribution in [1.82, 2.24) is 0 Å². The number of aliphatic imine (C=N–C) groups is 2. The summed E-state index contributed by atoms with van der Waals surface area (Å²) in [5, 5.41) is 40.4. The fraction of sp³-hybridized carbons (Fsp3) is 0.235. The standard InChI is InChI=1S/C30H30N2O2.2C2H4O2.Co/c1-19(2)22-11-13-28(33)24(15-22)17-31-26-9-5-7-21-8-6-10-27(30(21)26)32-18-25-16-23(20(3)4)12-14-29(25)34;2*1-2(3)4;/h5-20,33-34H,1-4H3;2*1H3,(H,3,4);/q;;;+2/p-2. The molecule has 0 saturated heterocycles. The summed E-state index contributed by atoms with van der Waals surface area (Å²) in [5.74, 6) is -1.05. The minimum atomic E-state index is -1.08. The Morgan fingerprint density at radius 1 is 0.674 bits per heavy atom. The van der Waals surface area contributed by atoms with Crippen molar-refractivity contribution in [3.05, 3.63) is 95.1 Å². The normalized spacial score (nSPS) is 10.7. The van der Waals surface area contributed by atoms with E-state index in [1.165, 1.54) is 0 Å². The maximum atomic E-state index is 10.3. The van der Waals surface area contributed by atoms with Crippen molar-refractivity contribution in [2.45, 2.75) is 53.4 Å². The van der Waals surface area contributed by atoms with Gasteiger partial charge in [-0.25, -0.2) is 0 Å². The predicted octanol–water partition coefficient (Wildman–Crippen LogP) is 5.51. The summed E-state index contributed by atoms with van der Waals surface area (Å²) in [6.07, 6.45) is 3.41. The van der Waals surface area contributed by atoms with E-state index in [1.54, 1.807) is 24.6 Å². The van der Waals surface area contributed by atoms with Crippen LogP contribution in [-0.2, 0) is 26.4 Å². The molecule has 0 atom stereocenters. The molecule has 4 aromatic rings. The number of aromatic hydroxyl groups is 2. The Hall–Kier alpha value is -4.47. The summed E-state index contributed by atoms with van der Waals surface area (Å²) in [6, 6.07) is 23.1. The van der Waals surface area contributed by atoms with E-state index >= 15 is 0 Å². The van der Waals surface area contributed by atoms with Gasteiger partial charge in [0.05, 0.1) is 11.4 Å². The molecule has 1 radical (unpaired) electrons. The monoisotopic (exact) mass is 627 g/mol. The number of hydrogen-bond donors (Lipinski definition) is 2. The van der Waals surface area contributed by atoms with E-state index in [4.69, 9.17) is 29.8 Å². The zero-order valence-corrected chi connectivity index (χ0v) is 26.0. The molecule has 43 heavy (non-hydrogen) atoms. The van der Waals surface area contributed by atoms with Crippen LogP contribution in [-0.4, -0.2) is 34.6 Å². The van der Waals surface area contributed by atoms with Crippen molar-refractivity contribution in [1.29, 1.82) is 0 Å². The molecule has 0 fully saturated rings. The molecule has 4 rings (SSSR count). The number of aliphatic carboxylic acids is 2. The van der Waals surface area contributed by atoms with Crippen LogP contribution in [0.2, 0.25) is 0 Å². The van der Waals surface area contributed by atoms with Crippen LogP contribution in [0.3, 0.4) is 0 Å². The summed E-state index contributed by atoms with van der Waals surface area (Å²) in [7, 11) is 0. The molecule has 8 nitrogen and oxygen atoms in total. The van der Waals surface area contributed by atoms with Gasteiger partial charge in [-0.2, -0.15) is 0 Å². The largest absolute Gasteiger partial charge is 2.00 e. The molecule has 0 aliphatic carbocycles. The number of benzene rings is 4. The molecular formula is C34H36CoN2O6. The zero-order chi connectivity index (χ0) is 31.4. The molecule has 0 aromatic heterocycles. The summed E-state index contributed by atoms with van der Waals surface area (Å²) in [4.78, 5) is 27.2. The van der Waals surface area contributed by atoms with Crippen molar-refractivity contribution in [3.8, 4) is 11.5 Å². The maximum absolute atomic E-state index is 10.3. The molecule has 0 spiro atoms. The average Bonchev–Trinajstić information content (AvgIpc) is 2.91. The van der Waals surface area contributed by atoms with Gasteiger partial charge in [-0.3, -0.25) is 9.98 Å². The van der Waals surface area contributed by atoms with Crippen molar-refractivity contribution in [3.63, 3.8) is 0 Å². The van der Waals surface area contributed by atoms with Gasteiger partial charge in [-0.15, -0.1) is 0 Å². The van der Waals surface area contributed by atoms with Gasteiger partial charge < -0.3 is 30.0 Å². The number of carboxylic acids is 2. The topological polar surface area (TPSA) is 145 Å². The van der Waals surface area contributed by atoms with Crippen LogP contribution in [0.25, 0.3) is 10.8 Å². The number of carbonyl (C=O) groups is 2. The summed E-state index contributed by atoms with van der Waals surface area (Å²) < 4.78 is 0. The summed E-state index contributed by atoms with van der Waals surface area (Å²) in [6.45, 7) is 10.4. The van der Waals surface area contributed by atoms with E-state index in [9.17, 15) is 10.2 Å². The number of phenols is 2. The van der Waals surface area contributed by atoms with Crippen molar-refractivity contribution in [2.75, 3.05) is 0 Å². The Kier molecular flexibility index (Phi) is 14.9. The van der Waals surface area contributed by atoms with Crippen LogP contribution in [0.5, 0.6) is 11.5 Å². The van der Waals surface area contributed by atoms with Crippen molar-refractivity contribution >= 4 is 46.5 Å². The average molecular weight is 628 g/mol. The molecule has 0 amide bonds. The fourth-order valence-electron chi connectivity index (χ4n) is 3.87. The zero-order valence-electron chi connectivity index (χ0n) is 25.0. The minimum Gasteiger partial charge on any atom is -0.550 e. The number of nitrogens with zero attached hydrogens (tertiary/aromatic N) is 2. The van der Waals surface area contributed by atoms with E-state index in [-0.39, 0.29) is 28.3 Å². The molecule has 4 aromatic carbocycles. The number of phenolic OH excluding ortho intramolecular Hbond substituents is 2. The van der Waals surface area contributed by atoms with E-state index in [1.807, 2.05) is 60.7 Å². The molecule has 9 heteroatoms. The smallest absolute Gasteiger partial charge is 0.550 e. The second-order valence-corrected chi connectivity index (χ2v) is 10.1. The molecule has 0 aliphatic rings. The Morgan fingerprint density at radius 2 is 1.02 bits per heavy atom. The van der Waals surface area contributed by atoms with Crippen molar-refractivity contribution in [2.24, 2.45) is 9.98 Å². The molecule has 0 bridgehead atoms. The Labute approximate surface area is 262 Å². The van der Waals surface area contributed by atoms with E-state index < -0.39 is 11.9 Å². The predicted molar refractivity (Wildman–Crippen MR) is 164 cm³/mol. The van der Waals surface area contributed by atoms with E-state index in [0.29, 0.717) is 23.0 Å². The molecule has 0 aliphatic heterocycles. The molecule has 0 unspecified atom stereocenters. The number of carbonyl (C=O) groups excluding carboxylic acids is 2. The first-order chi connectivity index (χ1) is 19.8. The Balaban J connectivity index is 0.000000917. The molecule has 227 valence electrons. The first-order valence-corrected chi connectivity index (χ1v) is 13.4. The van der Waals surface area contributed by atoms with E-state index in [0.717, 1.165) is 47.1 Å². The number of fused-ring (bicyclic) bond motifs is 1. The fourth-order valence-corrected chi connectivity index (χ4v) is 3.87. The SMILES string of the molecule is CC(=O)[O-].CC(=O)[O-].CC(C)c1ccc(O)c(C=Nc2cccc3cccc(N=Cc4cc(C(C)C)ccc4O)c23)c1.[Co+2]. The van der Waals surface area contributed by atoms with Gasteiger partial charge in [-0.1, -0.05) is 64.1 Å². The van der Waals surface area contributed by atoms with Crippen LogP contribution in [0.4, 0.5) is 11.4 Å². The second kappa shape index (κ2) is 17.5. The van der Waals surface area contributed by atoms with Gasteiger partial charge in [0.1, 0.15) is 11.5 Å². The number of hydrogen-bond acceptors (Lipinski definition) is 8. The van der Waals surface area contributed by atoms with Crippen LogP contribution in [0.1, 0.15) is 75.6 Å². The van der Waals surface area contributed by atoms with Gasteiger partial charge in [0.25, 0.3) is 0 Å². The Morgan fingerprint density at radius 3 is 1.35 bits per heavy atom. The molecular weight excluding hydrogens is 591 g/mol. The first kappa shape index (κ1) is 36.6. The second-order valence-electron chi connectivity index (χ2n) is 10.1. The van der Waals surface area contributed by atoms with Crippen LogP contribution >= 0.6 is 0 Å².